The summed E-state index contributed by atoms with van der Waals surface area (Å²) >= 11 is 0. The number of amides is 4. The zero-order chi connectivity index (χ0) is 23.0. The average molecular weight is 483 g/mol. The van der Waals surface area contributed by atoms with E-state index in [4.69, 9.17) is 9.47 Å². The highest BCUT2D eigenvalue weighted by Gasteiger charge is 2.22. The second-order valence-corrected chi connectivity index (χ2v) is 8.79. The second-order valence-electron chi connectivity index (χ2n) is 6.35. The van der Waals surface area contributed by atoms with E-state index in [1.165, 1.54) is 22.9 Å². The Balaban J connectivity index is 1.35. The Morgan fingerprint density at radius 3 is 2.47 bits per heavy atom. The van der Waals surface area contributed by atoms with Crippen LogP contribution in [0.25, 0.3) is 0 Å². The van der Waals surface area contributed by atoms with Crippen molar-refractivity contribution in [1.29, 1.82) is 0 Å². The Kier molecular flexibility index (Phi) is 12.4. The van der Waals surface area contributed by atoms with Gasteiger partial charge in [0.05, 0.1) is 19.8 Å². The first-order chi connectivity index (χ1) is 15.6. The lowest BCUT2D eigenvalue weighted by Crippen LogP contribution is -2.38. The molecule has 2 rings (SSSR count). The molecule has 1 aromatic rings. The molecule has 0 unspecified atom stereocenters. The second kappa shape index (κ2) is 15.4. The monoisotopic (exact) mass is 482 g/mol. The summed E-state index contributed by atoms with van der Waals surface area (Å²) in [5.41, 5.74) is 0. The number of hydrogen-bond donors (Lipinski definition) is 2. The lowest BCUT2D eigenvalue weighted by atomic mass is 10.4. The van der Waals surface area contributed by atoms with Gasteiger partial charge < -0.3 is 20.1 Å². The fourth-order valence-electron chi connectivity index (χ4n) is 2.36. The maximum Gasteiger partial charge on any atom is 0.253 e. The molecule has 0 spiro atoms. The molecule has 4 amide bonds. The smallest absolute Gasteiger partial charge is 0.253 e. The van der Waals surface area contributed by atoms with Gasteiger partial charge in [-0.3, -0.25) is 24.1 Å². The summed E-state index contributed by atoms with van der Waals surface area (Å²) in [5, 5.41) is 6.20. The number of carbonyl (C=O) groups excluding carboxylic acids is 4. The highest BCUT2D eigenvalue weighted by Crippen LogP contribution is 2.29. The first-order valence-electron chi connectivity index (χ1n) is 9.99. The average Bonchev–Trinajstić information content (AvgIpc) is 3.11. The molecule has 0 aromatic carbocycles. The number of hydrogen-bond acceptors (Lipinski definition) is 9. The molecule has 0 aliphatic carbocycles. The van der Waals surface area contributed by atoms with E-state index in [1.807, 2.05) is 18.2 Å². The van der Waals surface area contributed by atoms with Gasteiger partial charge in [0.25, 0.3) is 11.8 Å². The van der Waals surface area contributed by atoms with E-state index in [9.17, 15) is 19.2 Å². The van der Waals surface area contributed by atoms with Crippen molar-refractivity contribution in [3.05, 3.63) is 36.5 Å². The van der Waals surface area contributed by atoms with Crippen molar-refractivity contribution in [2.24, 2.45) is 0 Å². The van der Waals surface area contributed by atoms with Crippen LogP contribution in [0.1, 0.15) is 12.8 Å². The third-order valence-electron chi connectivity index (χ3n) is 3.97. The van der Waals surface area contributed by atoms with Crippen LogP contribution in [0.2, 0.25) is 0 Å². The third-order valence-corrected chi connectivity index (χ3v) is 6.24. The van der Waals surface area contributed by atoms with Crippen molar-refractivity contribution in [1.82, 2.24) is 20.5 Å². The molecular formula is C20H26N4O6S2. The quantitative estimate of drug-likeness (QED) is 0.152. The normalized spacial score (nSPS) is 12.9. The van der Waals surface area contributed by atoms with Gasteiger partial charge >= 0.3 is 0 Å². The van der Waals surface area contributed by atoms with Crippen molar-refractivity contribution in [2.45, 2.75) is 17.9 Å². The summed E-state index contributed by atoms with van der Waals surface area (Å²) in [5.74, 6) is -0.404. The molecule has 174 valence electrons. The van der Waals surface area contributed by atoms with Gasteiger partial charge in [0.2, 0.25) is 11.8 Å². The molecule has 0 atom stereocenters. The first kappa shape index (κ1) is 25.8. The number of imide groups is 1. The largest absolute Gasteiger partial charge is 0.379 e. The summed E-state index contributed by atoms with van der Waals surface area (Å²) in [6.07, 6.45) is 4.68. The number of ether oxygens (including phenoxy) is 2. The van der Waals surface area contributed by atoms with Crippen LogP contribution in [0.4, 0.5) is 0 Å². The fourth-order valence-corrected chi connectivity index (χ4v) is 4.23. The molecule has 0 radical (unpaired) electrons. The van der Waals surface area contributed by atoms with E-state index in [1.54, 1.807) is 17.0 Å². The van der Waals surface area contributed by atoms with Crippen molar-refractivity contribution in [2.75, 3.05) is 45.4 Å². The maximum atomic E-state index is 11.7. The van der Waals surface area contributed by atoms with Gasteiger partial charge in [0.1, 0.15) is 11.8 Å². The van der Waals surface area contributed by atoms with Gasteiger partial charge in [-0.05, 0) is 22.9 Å². The number of nitrogens with zero attached hydrogens (tertiary/aromatic N) is 2. The lowest BCUT2D eigenvalue weighted by molar-refractivity contribution is -0.137. The molecule has 1 aromatic heterocycles. The molecule has 32 heavy (non-hydrogen) atoms. The standard InChI is InChI=1S/C20H26N4O6S2/c25-16(21-9-10-24-19(27)4-5-20(24)28)6-11-29-12-13-30-15-23-17(26)7-14-31-32-18-3-1-2-8-22-18/h1-5,8H,6-7,9-15H2,(H,21,25)(H,23,26). The van der Waals surface area contributed by atoms with Crippen molar-refractivity contribution >= 4 is 45.2 Å². The topological polar surface area (TPSA) is 127 Å². The van der Waals surface area contributed by atoms with Gasteiger partial charge in [0, 0.05) is 50.0 Å². The summed E-state index contributed by atoms with van der Waals surface area (Å²) in [4.78, 5) is 51.4. The first-order valence-corrected chi connectivity index (χ1v) is 12.3. The maximum absolute atomic E-state index is 11.7. The van der Waals surface area contributed by atoms with Gasteiger partial charge in [-0.15, -0.1) is 0 Å². The summed E-state index contributed by atoms with van der Waals surface area (Å²) in [7, 11) is 3.10. The van der Waals surface area contributed by atoms with Crippen LogP contribution in [0.15, 0.2) is 41.6 Å². The lowest BCUT2D eigenvalue weighted by Gasteiger charge is -2.14. The summed E-state index contributed by atoms with van der Waals surface area (Å²) < 4.78 is 10.6. The van der Waals surface area contributed by atoms with Crippen molar-refractivity contribution in [3.8, 4) is 0 Å². The number of pyridine rings is 1. The molecule has 0 fully saturated rings. The molecule has 12 heteroatoms. The SMILES string of the molecule is O=C(CCOCCOCNC(=O)CCSSc1ccccn1)NCCN1C(=O)C=CC1=O. The molecule has 2 heterocycles. The Morgan fingerprint density at radius 2 is 1.72 bits per heavy atom. The minimum Gasteiger partial charge on any atom is -0.379 e. The molecule has 1 aliphatic heterocycles. The van der Waals surface area contributed by atoms with Crippen LogP contribution in [0, 0.1) is 0 Å². The van der Waals surface area contributed by atoms with E-state index in [0.29, 0.717) is 25.4 Å². The van der Waals surface area contributed by atoms with Crippen LogP contribution >= 0.6 is 21.6 Å². The summed E-state index contributed by atoms with van der Waals surface area (Å²) in [6, 6.07) is 5.69. The van der Waals surface area contributed by atoms with Crippen LogP contribution in [0.3, 0.4) is 0 Å². The molecular weight excluding hydrogens is 456 g/mol. The zero-order valence-corrected chi connectivity index (χ0v) is 19.1. The van der Waals surface area contributed by atoms with E-state index >= 15 is 0 Å². The van der Waals surface area contributed by atoms with Crippen LogP contribution in [0.5, 0.6) is 0 Å². The zero-order valence-electron chi connectivity index (χ0n) is 17.5. The summed E-state index contributed by atoms with van der Waals surface area (Å²) in [6.45, 7) is 1.24. The third kappa shape index (κ3) is 10.8. The van der Waals surface area contributed by atoms with Gasteiger partial charge in [0.15, 0.2) is 0 Å². The molecule has 2 N–H and O–H groups in total. The van der Waals surface area contributed by atoms with E-state index < -0.39 is 0 Å². The molecule has 0 saturated carbocycles. The Labute approximate surface area is 194 Å². The van der Waals surface area contributed by atoms with E-state index in [0.717, 1.165) is 9.93 Å². The Morgan fingerprint density at radius 1 is 0.969 bits per heavy atom. The fraction of sp³-hybridized carbons (Fsp3) is 0.450. The number of rotatable bonds is 16. The molecule has 1 aliphatic rings. The van der Waals surface area contributed by atoms with Crippen molar-refractivity contribution in [3.63, 3.8) is 0 Å². The van der Waals surface area contributed by atoms with Crippen LogP contribution in [-0.2, 0) is 28.7 Å². The van der Waals surface area contributed by atoms with Gasteiger partial charge in [-0.2, -0.15) is 0 Å². The van der Waals surface area contributed by atoms with Gasteiger partial charge in [-0.25, -0.2) is 4.98 Å². The molecule has 0 saturated heterocycles. The van der Waals surface area contributed by atoms with Gasteiger partial charge in [-0.1, -0.05) is 16.9 Å². The molecule has 0 bridgehead atoms. The van der Waals surface area contributed by atoms with Crippen molar-refractivity contribution < 1.29 is 28.7 Å². The van der Waals surface area contributed by atoms with Crippen LogP contribution in [-0.4, -0.2) is 78.9 Å². The minimum absolute atomic E-state index is 0.0928. The predicted octanol–water partition coefficient (Wildman–Crippen LogP) is 0.750. The highest BCUT2D eigenvalue weighted by molar-refractivity contribution is 8.76. The highest BCUT2D eigenvalue weighted by atomic mass is 33.1. The molecule has 10 nitrogen and oxygen atoms in total. The number of aromatic nitrogens is 1. The predicted molar refractivity (Wildman–Crippen MR) is 120 cm³/mol. The Hall–Kier alpha value is -2.41. The van der Waals surface area contributed by atoms with Crippen LogP contribution < -0.4 is 10.6 Å². The van der Waals surface area contributed by atoms with E-state index in [-0.39, 0.29) is 56.5 Å². The number of nitrogens with one attached hydrogen (secondary N) is 2. The number of carbonyl (C=O) groups is 4. The minimum atomic E-state index is -0.373. The Bertz CT molecular complexity index is 776. The van der Waals surface area contributed by atoms with E-state index in [2.05, 4.69) is 15.6 Å².